The summed E-state index contributed by atoms with van der Waals surface area (Å²) in [5, 5.41) is 10.6. The molecular weight excluding hydrogens is 284 g/mol. The predicted octanol–water partition coefficient (Wildman–Crippen LogP) is 3.21. The molecule has 1 atom stereocenters. The molecule has 1 aromatic carbocycles. The van der Waals surface area contributed by atoms with Crippen LogP contribution in [0.15, 0.2) is 36.7 Å². The minimum Gasteiger partial charge on any atom is -0.311 e. The number of benzene rings is 1. The molecule has 1 unspecified atom stereocenters. The van der Waals surface area contributed by atoms with Crippen LogP contribution in [-0.4, -0.2) is 41.3 Å². The zero-order chi connectivity index (χ0) is 15.9. The van der Waals surface area contributed by atoms with Gasteiger partial charge in [0.25, 0.3) is 0 Å². The Morgan fingerprint density at radius 1 is 1.30 bits per heavy atom. The summed E-state index contributed by atoms with van der Waals surface area (Å²) >= 11 is 0. The summed E-state index contributed by atoms with van der Waals surface area (Å²) in [7, 11) is 4.42. The van der Waals surface area contributed by atoms with Gasteiger partial charge in [-0.2, -0.15) is 5.10 Å². The lowest BCUT2D eigenvalue weighted by atomic mass is 9.66. The van der Waals surface area contributed by atoms with Gasteiger partial charge in [0.1, 0.15) is 0 Å². The standard InChI is InChI=1S/C19H26N4/c1-20-18(19-8-6-14(7-9-19)13-23(19)2)16-5-3-4-15(10-16)17-11-21-22-12-17/h3-5,10-12,14,18,20H,6-9,13H2,1-2H3,(H,21,22). The van der Waals surface area contributed by atoms with Crippen molar-refractivity contribution in [3.8, 4) is 11.1 Å². The third-order valence-corrected chi connectivity index (χ3v) is 6.14. The molecule has 3 aliphatic rings. The van der Waals surface area contributed by atoms with Crippen molar-refractivity contribution in [2.75, 3.05) is 20.6 Å². The van der Waals surface area contributed by atoms with Gasteiger partial charge in [-0.15, -0.1) is 0 Å². The fourth-order valence-corrected chi connectivity index (χ4v) is 4.87. The van der Waals surface area contributed by atoms with Gasteiger partial charge in [0.15, 0.2) is 0 Å². The quantitative estimate of drug-likeness (QED) is 0.911. The fourth-order valence-electron chi connectivity index (χ4n) is 4.87. The van der Waals surface area contributed by atoms with E-state index in [0.29, 0.717) is 6.04 Å². The maximum Gasteiger partial charge on any atom is 0.0565 e. The van der Waals surface area contributed by atoms with Crippen LogP contribution in [0.2, 0.25) is 0 Å². The normalized spacial score (nSPS) is 28.9. The van der Waals surface area contributed by atoms with Crippen molar-refractivity contribution >= 4 is 0 Å². The number of fused-ring (bicyclic) bond motifs is 3. The summed E-state index contributed by atoms with van der Waals surface area (Å²) in [5.74, 6) is 0.914. The Bertz CT molecular complexity index is 656. The van der Waals surface area contributed by atoms with Crippen molar-refractivity contribution in [3.05, 3.63) is 42.2 Å². The minimum absolute atomic E-state index is 0.262. The molecule has 1 aromatic heterocycles. The molecule has 0 radical (unpaired) electrons. The maximum absolute atomic E-state index is 4.08. The lowest BCUT2D eigenvalue weighted by molar-refractivity contribution is -0.0405. The number of rotatable bonds is 4. The molecule has 1 saturated carbocycles. The Hall–Kier alpha value is -1.65. The predicted molar refractivity (Wildman–Crippen MR) is 93.1 cm³/mol. The van der Waals surface area contributed by atoms with Gasteiger partial charge in [-0.25, -0.2) is 0 Å². The lowest BCUT2D eigenvalue weighted by Gasteiger charge is -2.57. The van der Waals surface area contributed by atoms with Crippen molar-refractivity contribution in [2.45, 2.75) is 37.3 Å². The number of aromatic amines is 1. The Balaban J connectivity index is 1.71. The number of likely N-dealkylation sites (N-methyl/N-ethyl adjacent to an activating group) is 2. The van der Waals surface area contributed by atoms with Crippen LogP contribution in [0.3, 0.4) is 0 Å². The van der Waals surface area contributed by atoms with Crippen LogP contribution in [0.5, 0.6) is 0 Å². The second kappa shape index (κ2) is 5.77. The molecule has 4 nitrogen and oxygen atoms in total. The van der Waals surface area contributed by atoms with E-state index in [1.807, 2.05) is 12.4 Å². The summed E-state index contributed by atoms with van der Waals surface area (Å²) in [6, 6.07) is 9.32. The highest BCUT2D eigenvalue weighted by Crippen LogP contribution is 2.49. The van der Waals surface area contributed by atoms with E-state index in [-0.39, 0.29) is 5.54 Å². The largest absolute Gasteiger partial charge is 0.311 e. The fraction of sp³-hybridized carbons (Fsp3) is 0.526. The number of hydrogen-bond donors (Lipinski definition) is 2. The Labute approximate surface area is 138 Å². The van der Waals surface area contributed by atoms with Crippen LogP contribution < -0.4 is 5.32 Å². The molecule has 0 spiro atoms. The minimum atomic E-state index is 0.262. The second-order valence-electron chi connectivity index (χ2n) is 7.26. The highest BCUT2D eigenvalue weighted by Gasteiger charge is 2.49. The van der Waals surface area contributed by atoms with Crippen LogP contribution in [0.4, 0.5) is 0 Å². The van der Waals surface area contributed by atoms with Crippen molar-refractivity contribution in [1.29, 1.82) is 0 Å². The molecule has 23 heavy (non-hydrogen) atoms. The lowest BCUT2D eigenvalue weighted by Crippen LogP contribution is -2.61. The molecule has 3 heterocycles. The van der Waals surface area contributed by atoms with Crippen LogP contribution >= 0.6 is 0 Å². The maximum atomic E-state index is 4.08. The van der Waals surface area contributed by atoms with Gasteiger partial charge < -0.3 is 5.32 Å². The molecule has 0 amide bonds. The second-order valence-corrected chi connectivity index (χ2v) is 7.26. The van der Waals surface area contributed by atoms with E-state index in [0.717, 1.165) is 11.5 Å². The molecule has 2 bridgehead atoms. The highest BCUT2D eigenvalue weighted by atomic mass is 15.2. The first-order valence-electron chi connectivity index (χ1n) is 8.70. The summed E-state index contributed by atoms with van der Waals surface area (Å²) in [4.78, 5) is 2.62. The van der Waals surface area contributed by atoms with Gasteiger partial charge in [-0.1, -0.05) is 18.2 Å². The molecule has 2 aliphatic heterocycles. The van der Waals surface area contributed by atoms with Crippen LogP contribution in [0.25, 0.3) is 11.1 Å². The molecule has 122 valence electrons. The number of nitrogens with zero attached hydrogens (tertiary/aromatic N) is 2. The Morgan fingerprint density at radius 2 is 2.13 bits per heavy atom. The summed E-state index contributed by atoms with van der Waals surface area (Å²) < 4.78 is 0. The van der Waals surface area contributed by atoms with Crippen LogP contribution in [0.1, 0.15) is 37.3 Å². The Kier molecular flexibility index (Phi) is 3.74. The van der Waals surface area contributed by atoms with E-state index in [2.05, 4.69) is 58.8 Å². The van der Waals surface area contributed by atoms with E-state index in [4.69, 9.17) is 0 Å². The first-order chi connectivity index (χ1) is 11.2. The number of hydrogen-bond acceptors (Lipinski definition) is 3. The van der Waals surface area contributed by atoms with Crippen molar-refractivity contribution in [3.63, 3.8) is 0 Å². The number of nitrogens with one attached hydrogen (secondary N) is 2. The zero-order valence-electron chi connectivity index (χ0n) is 14.0. The van der Waals surface area contributed by atoms with Crippen molar-refractivity contribution in [1.82, 2.24) is 20.4 Å². The van der Waals surface area contributed by atoms with Gasteiger partial charge >= 0.3 is 0 Å². The van der Waals surface area contributed by atoms with E-state index < -0.39 is 0 Å². The van der Waals surface area contributed by atoms with Crippen LogP contribution in [-0.2, 0) is 0 Å². The average Bonchev–Trinajstić information content (AvgIpc) is 3.12. The molecular formula is C19H26N4. The summed E-state index contributed by atoms with van der Waals surface area (Å²) in [5.41, 5.74) is 4.04. The molecule has 3 fully saturated rings. The van der Waals surface area contributed by atoms with Gasteiger partial charge in [-0.3, -0.25) is 10.00 Å². The molecule has 4 heteroatoms. The number of aromatic nitrogens is 2. The first kappa shape index (κ1) is 14.9. The zero-order valence-corrected chi connectivity index (χ0v) is 14.0. The third-order valence-electron chi connectivity index (χ3n) is 6.14. The molecule has 1 aliphatic carbocycles. The topological polar surface area (TPSA) is 44.0 Å². The number of piperidine rings is 2. The first-order valence-corrected chi connectivity index (χ1v) is 8.70. The van der Waals surface area contributed by atoms with Gasteiger partial charge in [-0.05, 0) is 62.9 Å². The van der Waals surface area contributed by atoms with E-state index in [1.54, 1.807) is 0 Å². The highest BCUT2D eigenvalue weighted by molar-refractivity contribution is 5.62. The Morgan fingerprint density at radius 3 is 2.78 bits per heavy atom. The molecule has 5 rings (SSSR count). The monoisotopic (exact) mass is 310 g/mol. The molecule has 2 saturated heterocycles. The average molecular weight is 310 g/mol. The SMILES string of the molecule is CNC(c1cccc(-c2cn[nH]c2)c1)C12CCC(CC1)CN2C. The van der Waals surface area contributed by atoms with Crippen molar-refractivity contribution in [2.24, 2.45) is 5.92 Å². The van der Waals surface area contributed by atoms with Gasteiger partial charge in [0.2, 0.25) is 0 Å². The summed E-state index contributed by atoms with van der Waals surface area (Å²) in [6.07, 6.45) is 9.21. The van der Waals surface area contributed by atoms with Crippen molar-refractivity contribution < 1.29 is 0 Å². The van der Waals surface area contributed by atoms with Crippen LogP contribution in [0, 0.1) is 5.92 Å². The molecule has 2 N–H and O–H groups in total. The van der Waals surface area contributed by atoms with Gasteiger partial charge in [0.05, 0.1) is 12.2 Å². The van der Waals surface area contributed by atoms with E-state index in [9.17, 15) is 0 Å². The third kappa shape index (κ3) is 2.41. The smallest absolute Gasteiger partial charge is 0.0565 e. The number of H-pyrrole nitrogens is 1. The van der Waals surface area contributed by atoms with E-state index in [1.165, 1.54) is 43.4 Å². The van der Waals surface area contributed by atoms with Gasteiger partial charge in [0, 0.05) is 23.8 Å². The summed E-state index contributed by atoms with van der Waals surface area (Å²) in [6.45, 7) is 1.25. The molecule has 2 aromatic rings. The van der Waals surface area contributed by atoms with E-state index >= 15 is 0 Å².